The number of azide groups is 1. The number of aliphatic hydroxyl groups excluding tert-OH is 1. The Morgan fingerprint density at radius 1 is 0.941 bits per heavy atom. The van der Waals surface area contributed by atoms with Crippen molar-refractivity contribution in [3.8, 4) is 5.75 Å². The van der Waals surface area contributed by atoms with Gasteiger partial charge in [0, 0.05) is 62.0 Å². The van der Waals surface area contributed by atoms with Crippen molar-refractivity contribution in [3.63, 3.8) is 0 Å². The minimum Gasteiger partial charge on any atom is -0.494 e. The molecule has 1 amide bonds. The molecule has 5 aromatic carbocycles. The fraction of sp³-hybridized carbons (Fsp3) is 0.179. The van der Waals surface area contributed by atoms with E-state index in [4.69, 9.17) is 19.6 Å². The number of carbonyl (C=O) groups is 1. The minimum absolute atomic E-state index is 0.0418. The maximum atomic E-state index is 14.8. The number of halogens is 1. The summed E-state index contributed by atoms with van der Waals surface area (Å²) in [6.07, 6.45) is -0.287. The smallest absolute Gasteiger partial charge is 0.266 e. The van der Waals surface area contributed by atoms with E-state index in [1.807, 2.05) is 84.9 Å². The summed E-state index contributed by atoms with van der Waals surface area (Å²) in [4.78, 5) is 25.0. The molecule has 0 unspecified atom stereocenters. The zero-order valence-electron chi connectivity index (χ0n) is 27.5. The van der Waals surface area contributed by atoms with Gasteiger partial charge >= 0.3 is 0 Å². The third-order valence-corrected chi connectivity index (χ3v) is 10.1. The Morgan fingerprint density at radius 3 is 2.41 bits per heavy atom. The zero-order chi connectivity index (χ0) is 35.5. The first-order chi connectivity index (χ1) is 25.0. The van der Waals surface area contributed by atoms with E-state index < -0.39 is 17.6 Å². The molecule has 258 valence electrons. The molecule has 0 bridgehead atoms. The van der Waals surface area contributed by atoms with Gasteiger partial charge < -0.3 is 14.6 Å². The van der Waals surface area contributed by atoms with Crippen LogP contribution in [-0.4, -0.2) is 35.7 Å². The quantitative estimate of drug-likeness (QED) is 0.0321. The SMILES string of the molecule is [N-]=[N+]=Nc1ccccc1C[C@]1(C(=O)NNCc2ccccc2Sc2ccccc2)N=C(c2ccc(OCCCO)cc2)O[C@H]1c1ccccc1Br. The topological polar surface area (TPSA) is 141 Å². The molecule has 0 saturated carbocycles. The second kappa shape index (κ2) is 17.2. The van der Waals surface area contributed by atoms with Gasteiger partial charge in [0.15, 0.2) is 11.6 Å². The normalized spacial score (nSPS) is 16.4. The Morgan fingerprint density at radius 2 is 1.65 bits per heavy atom. The minimum atomic E-state index is -1.54. The van der Waals surface area contributed by atoms with E-state index in [1.165, 1.54) is 0 Å². The third-order valence-electron chi connectivity index (χ3n) is 8.25. The average molecular weight is 764 g/mol. The highest BCUT2D eigenvalue weighted by molar-refractivity contribution is 9.10. The lowest BCUT2D eigenvalue weighted by molar-refractivity contribution is -0.130. The lowest BCUT2D eigenvalue weighted by Gasteiger charge is -2.31. The van der Waals surface area contributed by atoms with Crippen LogP contribution < -0.4 is 15.6 Å². The largest absolute Gasteiger partial charge is 0.494 e. The predicted octanol–water partition coefficient (Wildman–Crippen LogP) is 8.62. The molecule has 0 spiro atoms. The summed E-state index contributed by atoms with van der Waals surface area (Å²) in [7, 11) is 0. The summed E-state index contributed by atoms with van der Waals surface area (Å²) in [5.74, 6) is 0.486. The summed E-state index contributed by atoms with van der Waals surface area (Å²) in [6.45, 7) is 0.774. The number of amides is 1. The molecule has 51 heavy (non-hydrogen) atoms. The molecule has 12 heteroatoms. The van der Waals surface area contributed by atoms with E-state index in [2.05, 4.69) is 55.0 Å². The Balaban J connectivity index is 1.36. The van der Waals surface area contributed by atoms with Gasteiger partial charge in [0.1, 0.15) is 5.75 Å². The van der Waals surface area contributed by atoms with Crippen LogP contribution in [0.25, 0.3) is 10.4 Å². The van der Waals surface area contributed by atoms with Crippen molar-refractivity contribution in [1.29, 1.82) is 0 Å². The highest BCUT2D eigenvalue weighted by Crippen LogP contribution is 2.45. The van der Waals surface area contributed by atoms with E-state index in [9.17, 15) is 10.3 Å². The third kappa shape index (κ3) is 8.62. The molecule has 1 aliphatic heterocycles. The number of rotatable bonds is 15. The summed E-state index contributed by atoms with van der Waals surface area (Å²) in [6, 6.07) is 40.1. The van der Waals surface area contributed by atoms with Gasteiger partial charge in [-0.3, -0.25) is 10.2 Å². The van der Waals surface area contributed by atoms with Gasteiger partial charge in [0.2, 0.25) is 5.90 Å². The number of hydrazine groups is 1. The van der Waals surface area contributed by atoms with Crippen LogP contribution >= 0.6 is 27.7 Å². The van der Waals surface area contributed by atoms with Crippen LogP contribution in [0.4, 0.5) is 5.69 Å². The van der Waals surface area contributed by atoms with Crippen LogP contribution in [0.1, 0.15) is 34.8 Å². The van der Waals surface area contributed by atoms with Gasteiger partial charge in [0.25, 0.3) is 5.91 Å². The number of ether oxygens (including phenoxy) is 2. The van der Waals surface area contributed by atoms with Gasteiger partial charge in [-0.2, -0.15) is 0 Å². The average Bonchev–Trinajstić information content (AvgIpc) is 3.54. The number of hydrogen-bond donors (Lipinski definition) is 3. The van der Waals surface area contributed by atoms with Gasteiger partial charge in [0.05, 0.1) is 6.61 Å². The second-order valence-corrected chi connectivity index (χ2v) is 13.6. The molecular weight excluding hydrogens is 728 g/mol. The van der Waals surface area contributed by atoms with Crippen molar-refractivity contribution < 1.29 is 19.4 Å². The fourth-order valence-corrected chi connectivity index (χ4v) is 7.19. The molecular formula is C39H35BrN6O4S. The Bertz CT molecular complexity index is 2040. The van der Waals surface area contributed by atoms with Crippen LogP contribution in [0, 0.1) is 0 Å². The molecule has 0 saturated heterocycles. The lowest BCUT2D eigenvalue weighted by atomic mass is 9.81. The molecule has 0 fully saturated rings. The molecule has 6 rings (SSSR count). The summed E-state index contributed by atoms with van der Waals surface area (Å²) >= 11 is 5.33. The number of carbonyl (C=O) groups excluding carboxylic acids is 1. The van der Waals surface area contributed by atoms with Gasteiger partial charge in [-0.05, 0) is 65.2 Å². The Hall–Kier alpha value is -5.10. The van der Waals surface area contributed by atoms with Gasteiger partial charge in [-0.15, -0.1) is 0 Å². The van der Waals surface area contributed by atoms with Gasteiger partial charge in [-0.25, -0.2) is 10.4 Å². The molecule has 0 aromatic heterocycles. The highest BCUT2D eigenvalue weighted by atomic mass is 79.9. The van der Waals surface area contributed by atoms with Crippen LogP contribution in [0.5, 0.6) is 5.75 Å². The van der Waals surface area contributed by atoms with Crippen molar-refractivity contribution in [2.24, 2.45) is 10.1 Å². The van der Waals surface area contributed by atoms with Crippen molar-refractivity contribution in [2.75, 3.05) is 13.2 Å². The van der Waals surface area contributed by atoms with Crippen molar-refractivity contribution in [3.05, 3.63) is 165 Å². The summed E-state index contributed by atoms with van der Waals surface area (Å²) < 4.78 is 13.1. The fourth-order valence-electron chi connectivity index (χ4n) is 5.74. The van der Waals surface area contributed by atoms with Crippen molar-refractivity contribution in [1.82, 2.24) is 10.9 Å². The molecule has 2 atom stereocenters. The highest BCUT2D eigenvalue weighted by Gasteiger charge is 2.54. The second-order valence-electron chi connectivity index (χ2n) is 11.6. The molecule has 5 aromatic rings. The molecule has 0 aliphatic carbocycles. The first-order valence-corrected chi connectivity index (χ1v) is 17.9. The number of hydrogen-bond acceptors (Lipinski definition) is 8. The first kappa shape index (κ1) is 35.7. The summed E-state index contributed by atoms with van der Waals surface area (Å²) in [5.41, 5.74) is 17.3. The number of aliphatic imine (C=N–C) groups is 1. The molecule has 0 radical (unpaired) electrons. The Kier molecular flexibility index (Phi) is 12.1. The van der Waals surface area contributed by atoms with E-state index in [1.54, 1.807) is 36.0 Å². The van der Waals surface area contributed by atoms with E-state index in [0.29, 0.717) is 42.1 Å². The maximum Gasteiger partial charge on any atom is 0.266 e. The molecule has 10 nitrogen and oxygen atoms in total. The van der Waals surface area contributed by atoms with Crippen LogP contribution in [0.2, 0.25) is 0 Å². The first-order valence-electron chi connectivity index (χ1n) is 16.3. The standard InChI is InChI=1S/C39H35BrN6O4S/c40-33-16-7-6-15-32(33)36-39(25-28-11-4-8-17-34(28)44-46-41,43-37(50-36)27-19-21-30(22-20-27)49-24-10-23-47)38(48)45-42-26-29-12-5-9-18-35(29)51-31-13-2-1-3-14-31/h1-9,11-22,36,42,47H,10,23-26H2,(H,45,48)/t36-,39-/m0/s1. The van der Waals surface area contributed by atoms with Crippen LogP contribution in [0.15, 0.2) is 152 Å². The van der Waals surface area contributed by atoms with Crippen molar-refractivity contribution in [2.45, 2.75) is 40.8 Å². The summed E-state index contributed by atoms with van der Waals surface area (Å²) in [5, 5.41) is 13.0. The van der Waals surface area contributed by atoms with Crippen LogP contribution in [-0.2, 0) is 22.5 Å². The number of aliphatic hydroxyl groups is 1. The van der Waals surface area contributed by atoms with E-state index in [0.717, 1.165) is 25.4 Å². The monoisotopic (exact) mass is 762 g/mol. The molecule has 1 heterocycles. The number of nitrogens with one attached hydrogen (secondary N) is 2. The maximum absolute atomic E-state index is 14.8. The molecule has 3 N–H and O–H groups in total. The number of benzene rings is 5. The molecule has 1 aliphatic rings. The zero-order valence-corrected chi connectivity index (χ0v) is 29.9. The van der Waals surface area contributed by atoms with Gasteiger partial charge in [-0.1, -0.05) is 112 Å². The number of nitrogens with zero attached hydrogens (tertiary/aromatic N) is 4. The predicted molar refractivity (Wildman–Crippen MR) is 202 cm³/mol. The van der Waals surface area contributed by atoms with E-state index in [-0.39, 0.29) is 18.9 Å². The Labute approximate surface area is 308 Å². The van der Waals surface area contributed by atoms with E-state index >= 15 is 0 Å². The van der Waals surface area contributed by atoms with Crippen molar-refractivity contribution >= 4 is 45.2 Å². The van der Waals surface area contributed by atoms with Crippen LogP contribution in [0.3, 0.4) is 0 Å². The lowest BCUT2D eigenvalue weighted by Crippen LogP contribution is -2.53.